The van der Waals surface area contributed by atoms with E-state index in [4.69, 9.17) is 0 Å². The third-order valence-corrected chi connectivity index (χ3v) is 5.24. The lowest BCUT2D eigenvalue weighted by molar-refractivity contribution is -0.383. The normalized spacial score (nSPS) is 13.0. The van der Waals surface area contributed by atoms with E-state index in [-0.39, 0.29) is 23.1 Å². The lowest BCUT2D eigenvalue weighted by Gasteiger charge is -2.29. The second-order valence-corrected chi connectivity index (χ2v) is 9.30. The van der Waals surface area contributed by atoms with Gasteiger partial charge < -0.3 is 20.3 Å². The second-order valence-electron chi connectivity index (χ2n) is 9.30. The molecule has 0 atom stereocenters. The molecule has 1 saturated heterocycles. The Hall–Kier alpha value is -4.05. The second kappa shape index (κ2) is 12.6. The van der Waals surface area contributed by atoms with Crippen molar-refractivity contribution in [3.05, 3.63) is 88.2 Å². The molecule has 1 fully saturated rings. The molecule has 1 aliphatic heterocycles. The number of nitrogens with one attached hydrogen (secondary N) is 2. The number of anilines is 2. The molecule has 36 heavy (non-hydrogen) atoms. The van der Waals surface area contributed by atoms with Crippen molar-refractivity contribution in [3.63, 3.8) is 0 Å². The SMILES string of the molecule is CC(C)(C)OC=O.O=[N+]([O-])c1c(NC2CNC2)ncnc1N(Cc1ccccc1)Cc1ccccc1. The van der Waals surface area contributed by atoms with E-state index in [0.717, 1.165) is 24.2 Å². The number of hydrogen-bond acceptors (Lipinski definition) is 9. The summed E-state index contributed by atoms with van der Waals surface area (Å²) < 4.78 is 4.55. The fourth-order valence-electron chi connectivity index (χ4n) is 3.42. The highest BCUT2D eigenvalue weighted by molar-refractivity contribution is 5.70. The zero-order valence-corrected chi connectivity index (χ0v) is 20.8. The molecule has 2 N–H and O–H groups in total. The van der Waals surface area contributed by atoms with Crippen molar-refractivity contribution >= 4 is 23.8 Å². The Morgan fingerprint density at radius 3 is 2.00 bits per heavy atom. The summed E-state index contributed by atoms with van der Waals surface area (Å²) in [6.07, 6.45) is 1.39. The topological polar surface area (TPSA) is 123 Å². The maximum absolute atomic E-state index is 12.0. The third kappa shape index (κ3) is 8.02. The van der Waals surface area contributed by atoms with Crippen LogP contribution >= 0.6 is 0 Å². The van der Waals surface area contributed by atoms with Crippen LogP contribution in [0.2, 0.25) is 0 Å². The quantitative estimate of drug-likeness (QED) is 0.260. The minimum absolute atomic E-state index is 0.0914. The predicted octanol–water partition coefficient (Wildman–Crippen LogP) is 3.93. The van der Waals surface area contributed by atoms with E-state index in [0.29, 0.717) is 25.4 Å². The molecule has 1 aromatic heterocycles. The number of hydrogen-bond donors (Lipinski definition) is 2. The van der Waals surface area contributed by atoms with Crippen LogP contribution in [0.25, 0.3) is 0 Å². The van der Waals surface area contributed by atoms with E-state index >= 15 is 0 Å². The maximum Gasteiger partial charge on any atom is 0.353 e. The molecule has 190 valence electrons. The standard InChI is InChI=1S/C21H22N6O2.C5H10O2/c28-27(29)19-20(25-18-11-22-12-18)23-15-24-21(19)26(13-16-7-3-1-4-8-16)14-17-9-5-2-6-10-17;1-5(2,3)7-4-6/h1-10,15,18,22H,11-14H2,(H,23,24,25);4H,1-3H3. The molecule has 2 heterocycles. The van der Waals surface area contributed by atoms with E-state index in [1.807, 2.05) is 86.3 Å². The van der Waals surface area contributed by atoms with Gasteiger partial charge in [0, 0.05) is 26.2 Å². The summed E-state index contributed by atoms with van der Waals surface area (Å²) in [6, 6.07) is 19.9. The summed E-state index contributed by atoms with van der Waals surface area (Å²) in [5.41, 5.74) is 1.69. The van der Waals surface area contributed by atoms with E-state index in [9.17, 15) is 14.9 Å². The van der Waals surface area contributed by atoms with Crippen molar-refractivity contribution in [2.45, 2.75) is 45.5 Å². The number of ether oxygens (including phenoxy) is 1. The summed E-state index contributed by atoms with van der Waals surface area (Å²) in [7, 11) is 0. The number of carbonyl (C=O) groups is 1. The minimum Gasteiger partial charge on any atom is -0.462 e. The average molecular weight is 493 g/mol. The van der Waals surface area contributed by atoms with Gasteiger partial charge in [-0.25, -0.2) is 9.97 Å². The van der Waals surface area contributed by atoms with Crippen LogP contribution in [0.3, 0.4) is 0 Å². The Morgan fingerprint density at radius 2 is 1.61 bits per heavy atom. The smallest absolute Gasteiger partial charge is 0.353 e. The third-order valence-electron chi connectivity index (χ3n) is 5.24. The summed E-state index contributed by atoms with van der Waals surface area (Å²) >= 11 is 0. The molecule has 4 rings (SSSR count). The van der Waals surface area contributed by atoms with Crippen molar-refractivity contribution in [2.24, 2.45) is 0 Å². The van der Waals surface area contributed by atoms with Crippen molar-refractivity contribution in [1.82, 2.24) is 15.3 Å². The van der Waals surface area contributed by atoms with Gasteiger partial charge in [0.1, 0.15) is 11.9 Å². The molecule has 2 aromatic carbocycles. The predicted molar refractivity (Wildman–Crippen MR) is 139 cm³/mol. The van der Waals surface area contributed by atoms with Gasteiger partial charge in [-0.3, -0.25) is 14.9 Å². The zero-order chi connectivity index (χ0) is 26.0. The van der Waals surface area contributed by atoms with Gasteiger partial charge >= 0.3 is 5.69 Å². The van der Waals surface area contributed by atoms with Crippen LogP contribution in [-0.4, -0.2) is 46.1 Å². The lowest BCUT2D eigenvalue weighted by atomic mass is 10.1. The lowest BCUT2D eigenvalue weighted by Crippen LogP contribution is -2.51. The molecule has 0 amide bonds. The summed E-state index contributed by atoms with van der Waals surface area (Å²) in [4.78, 5) is 31.6. The molecule has 0 aliphatic carbocycles. The van der Waals surface area contributed by atoms with Gasteiger partial charge in [-0.2, -0.15) is 0 Å². The van der Waals surface area contributed by atoms with E-state index in [1.165, 1.54) is 6.33 Å². The first-order chi connectivity index (χ1) is 17.3. The van der Waals surface area contributed by atoms with Crippen molar-refractivity contribution in [2.75, 3.05) is 23.3 Å². The average Bonchev–Trinajstić information content (AvgIpc) is 2.82. The minimum atomic E-state index is -0.396. The Labute approximate surface area is 210 Å². The molecule has 0 spiro atoms. The van der Waals surface area contributed by atoms with E-state index < -0.39 is 4.92 Å². The molecule has 3 aromatic rings. The number of benzene rings is 2. The van der Waals surface area contributed by atoms with Crippen LogP contribution in [0.4, 0.5) is 17.3 Å². The molecule has 1 aliphatic rings. The molecule has 0 unspecified atom stereocenters. The number of rotatable bonds is 9. The largest absolute Gasteiger partial charge is 0.462 e. The van der Waals surface area contributed by atoms with Crippen LogP contribution in [0.5, 0.6) is 0 Å². The van der Waals surface area contributed by atoms with Crippen molar-refractivity contribution < 1.29 is 14.5 Å². The first-order valence-corrected chi connectivity index (χ1v) is 11.7. The highest BCUT2D eigenvalue weighted by Crippen LogP contribution is 2.34. The van der Waals surface area contributed by atoms with Gasteiger partial charge in [-0.15, -0.1) is 0 Å². The van der Waals surface area contributed by atoms with Crippen molar-refractivity contribution in [1.29, 1.82) is 0 Å². The van der Waals surface area contributed by atoms with Gasteiger partial charge in [0.2, 0.25) is 11.6 Å². The Kier molecular flexibility index (Phi) is 9.29. The monoisotopic (exact) mass is 492 g/mol. The number of nitro groups is 1. The zero-order valence-electron chi connectivity index (χ0n) is 20.8. The van der Waals surface area contributed by atoms with Crippen molar-refractivity contribution in [3.8, 4) is 0 Å². The molecule has 0 saturated carbocycles. The summed E-state index contributed by atoms with van der Waals surface area (Å²) in [5, 5.41) is 18.3. The Bertz CT molecular complexity index is 1080. The molecular formula is C26H32N6O4. The van der Waals surface area contributed by atoms with Gasteiger partial charge in [0.15, 0.2) is 0 Å². The molecule has 0 bridgehead atoms. The van der Waals surface area contributed by atoms with Crippen LogP contribution < -0.4 is 15.5 Å². The Morgan fingerprint density at radius 1 is 1.06 bits per heavy atom. The maximum atomic E-state index is 12.0. The fourth-order valence-corrected chi connectivity index (χ4v) is 3.42. The summed E-state index contributed by atoms with van der Waals surface area (Å²) in [5.74, 6) is 0.574. The van der Waals surface area contributed by atoms with Gasteiger partial charge in [-0.1, -0.05) is 60.7 Å². The van der Waals surface area contributed by atoms with E-state index in [2.05, 4.69) is 25.3 Å². The molecular weight excluding hydrogens is 460 g/mol. The molecule has 0 radical (unpaired) electrons. The number of nitrogens with zero attached hydrogens (tertiary/aromatic N) is 4. The molecule has 10 heteroatoms. The first kappa shape index (κ1) is 26.6. The fraction of sp³-hybridized carbons (Fsp3) is 0.346. The Balaban J connectivity index is 0.000000454. The number of carbonyl (C=O) groups excluding carboxylic acids is 1. The highest BCUT2D eigenvalue weighted by Gasteiger charge is 2.29. The van der Waals surface area contributed by atoms with Gasteiger partial charge in [0.25, 0.3) is 6.47 Å². The van der Waals surface area contributed by atoms with Gasteiger partial charge in [0.05, 0.1) is 11.0 Å². The molecule has 10 nitrogen and oxygen atoms in total. The number of aromatic nitrogens is 2. The first-order valence-electron chi connectivity index (χ1n) is 11.7. The van der Waals surface area contributed by atoms with E-state index in [1.54, 1.807) is 0 Å². The van der Waals surface area contributed by atoms with Crippen LogP contribution in [0.15, 0.2) is 67.0 Å². The summed E-state index contributed by atoms with van der Waals surface area (Å²) in [6.45, 7) is 8.43. The van der Waals surface area contributed by atoms with Crippen LogP contribution in [-0.2, 0) is 22.6 Å². The van der Waals surface area contributed by atoms with Crippen LogP contribution in [0.1, 0.15) is 31.9 Å². The van der Waals surface area contributed by atoms with Gasteiger partial charge in [-0.05, 0) is 31.9 Å². The highest BCUT2D eigenvalue weighted by atomic mass is 16.6. The van der Waals surface area contributed by atoms with Crippen LogP contribution in [0, 0.1) is 10.1 Å².